The molecule has 0 fully saturated rings. The van der Waals surface area contributed by atoms with Crippen LogP contribution in [0.25, 0.3) is 0 Å². The van der Waals surface area contributed by atoms with Crippen molar-refractivity contribution in [2.24, 2.45) is 5.73 Å². The molecule has 66 valence electrons. The topological polar surface area (TPSA) is 46.2 Å². The van der Waals surface area contributed by atoms with Crippen LogP contribution in [0.1, 0.15) is 11.1 Å². The van der Waals surface area contributed by atoms with Gasteiger partial charge in [-0.05, 0) is 29.7 Å². The molecule has 0 heterocycles. The Labute approximate surface area is 80.5 Å². The van der Waals surface area contributed by atoms with Crippen molar-refractivity contribution in [2.45, 2.75) is 13.0 Å². The van der Waals surface area contributed by atoms with Crippen molar-refractivity contribution in [3.05, 3.63) is 33.8 Å². The molecule has 2 nitrogen and oxygen atoms in total. The number of hydrogen-bond acceptors (Lipinski definition) is 2. The van der Waals surface area contributed by atoms with Gasteiger partial charge in [-0.2, -0.15) is 0 Å². The van der Waals surface area contributed by atoms with Crippen molar-refractivity contribution in [1.82, 2.24) is 0 Å². The van der Waals surface area contributed by atoms with Crippen molar-refractivity contribution in [1.29, 1.82) is 0 Å². The van der Waals surface area contributed by atoms with E-state index in [4.69, 9.17) is 10.8 Å². The Kier molecular flexibility index (Phi) is 3.72. The molecule has 0 saturated heterocycles. The fourth-order valence-electron chi connectivity index (χ4n) is 1.11. The zero-order valence-electron chi connectivity index (χ0n) is 6.76. The average molecular weight is 230 g/mol. The molecule has 0 unspecified atom stereocenters. The van der Waals surface area contributed by atoms with Crippen molar-refractivity contribution in [3.63, 3.8) is 0 Å². The molecule has 0 atom stereocenters. The summed E-state index contributed by atoms with van der Waals surface area (Å²) in [6.45, 7) is 0.721. The monoisotopic (exact) mass is 229 g/mol. The highest BCUT2D eigenvalue weighted by molar-refractivity contribution is 9.10. The number of aliphatic hydroxyl groups excluding tert-OH is 1. The summed E-state index contributed by atoms with van der Waals surface area (Å²) in [4.78, 5) is 0. The number of nitrogens with two attached hydrogens (primary N) is 1. The molecule has 3 heteroatoms. The van der Waals surface area contributed by atoms with Crippen molar-refractivity contribution >= 4 is 15.9 Å². The largest absolute Gasteiger partial charge is 0.396 e. The lowest BCUT2D eigenvalue weighted by atomic mass is 10.1. The molecule has 1 aromatic rings. The average Bonchev–Trinajstić information content (AvgIpc) is 2.04. The van der Waals surface area contributed by atoms with Gasteiger partial charge in [-0.3, -0.25) is 0 Å². The van der Waals surface area contributed by atoms with Crippen LogP contribution in [0.15, 0.2) is 22.7 Å². The summed E-state index contributed by atoms with van der Waals surface area (Å²) < 4.78 is 1.02. The predicted octanol–water partition coefficient (Wildman–Crippen LogP) is 1.44. The molecule has 0 saturated carbocycles. The minimum absolute atomic E-state index is 0.181. The quantitative estimate of drug-likeness (QED) is 0.825. The second-order valence-corrected chi connectivity index (χ2v) is 3.56. The lowest BCUT2D eigenvalue weighted by Gasteiger charge is -2.03. The SMILES string of the molecule is NCc1cc(Br)cc(CCO)c1. The molecular weight excluding hydrogens is 218 g/mol. The summed E-state index contributed by atoms with van der Waals surface area (Å²) in [5.74, 6) is 0. The van der Waals surface area contributed by atoms with Gasteiger partial charge in [0.25, 0.3) is 0 Å². The maximum Gasteiger partial charge on any atom is 0.0471 e. The maximum absolute atomic E-state index is 8.73. The predicted molar refractivity (Wildman–Crippen MR) is 52.8 cm³/mol. The fourth-order valence-corrected chi connectivity index (χ4v) is 1.70. The third kappa shape index (κ3) is 2.59. The molecule has 0 aromatic heterocycles. The van der Waals surface area contributed by atoms with Gasteiger partial charge in [0, 0.05) is 17.6 Å². The van der Waals surface area contributed by atoms with Crippen LogP contribution in [-0.2, 0) is 13.0 Å². The number of hydrogen-bond donors (Lipinski definition) is 2. The van der Waals surface area contributed by atoms with Crippen LogP contribution < -0.4 is 5.73 Å². The fraction of sp³-hybridized carbons (Fsp3) is 0.333. The van der Waals surface area contributed by atoms with Gasteiger partial charge in [0.05, 0.1) is 0 Å². The normalized spacial score (nSPS) is 10.2. The molecule has 0 amide bonds. The Balaban J connectivity index is 2.90. The van der Waals surface area contributed by atoms with Gasteiger partial charge in [0.1, 0.15) is 0 Å². The van der Waals surface area contributed by atoms with E-state index in [0.717, 1.165) is 15.6 Å². The van der Waals surface area contributed by atoms with Crippen LogP contribution in [0.2, 0.25) is 0 Å². The minimum atomic E-state index is 0.181. The Morgan fingerprint density at radius 3 is 2.50 bits per heavy atom. The van der Waals surface area contributed by atoms with E-state index >= 15 is 0 Å². The molecule has 0 bridgehead atoms. The summed E-state index contributed by atoms with van der Waals surface area (Å²) >= 11 is 3.39. The van der Waals surface area contributed by atoms with Gasteiger partial charge in [-0.1, -0.05) is 22.0 Å². The van der Waals surface area contributed by atoms with E-state index in [2.05, 4.69) is 15.9 Å². The highest BCUT2D eigenvalue weighted by Gasteiger charge is 1.97. The molecule has 0 radical (unpaired) electrons. The Morgan fingerprint density at radius 2 is 1.92 bits per heavy atom. The second-order valence-electron chi connectivity index (χ2n) is 2.65. The van der Waals surface area contributed by atoms with E-state index < -0.39 is 0 Å². The first-order valence-corrected chi connectivity index (χ1v) is 4.65. The molecular formula is C9H12BrNO. The first kappa shape index (κ1) is 9.71. The van der Waals surface area contributed by atoms with Crippen molar-refractivity contribution in [3.8, 4) is 0 Å². The van der Waals surface area contributed by atoms with Gasteiger partial charge in [0.2, 0.25) is 0 Å². The molecule has 12 heavy (non-hydrogen) atoms. The van der Waals surface area contributed by atoms with Crippen LogP contribution in [0.3, 0.4) is 0 Å². The van der Waals surface area contributed by atoms with Crippen LogP contribution >= 0.6 is 15.9 Å². The van der Waals surface area contributed by atoms with E-state index in [1.807, 2.05) is 18.2 Å². The lowest BCUT2D eigenvalue weighted by molar-refractivity contribution is 0.299. The van der Waals surface area contributed by atoms with Gasteiger partial charge >= 0.3 is 0 Å². The third-order valence-electron chi connectivity index (χ3n) is 1.65. The van der Waals surface area contributed by atoms with Gasteiger partial charge in [0.15, 0.2) is 0 Å². The molecule has 0 spiro atoms. The van der Waals surface area contributed by atoms with E-state index in [1.54, 1.807) is 0 Å². The molecule has 1 rings (SSSR count). The number of aliphatic hydroxyl groups is 1. The number of rotatable bonds is 3. The standard InChI is InChI=1S/C9H12BrNO/c10-9-4-7(1-2-12)3-8(5-9)6-11/h3-5,12H,1-2,6,11H2. The Hall–Kier alpha value is -0.380. The first-order chi connectivity index (χ1) is 5.76. The summed E-state index contributed by atoms with van der Waals surface area (Å²) in [7, 11) is 0. The van der Waals surface area contributed by atoms with Crippen LogP contribution in [0.5, 0.6) is 0 Å². The van der Waals surface area contributed by atoms with E-state index in [1.165, 1.54) is 0 Å². The summed E-state index contributed by atoms with van der Waals surface area (Å²) in [5.41, 5.74) is 7.71. The van der Waals surface area contributed by atoms with Crippen molar-refractivity contribution < 1.29 is 5.11 Å². The number of benzene rings is 1. The van der Waals surface area contributed by atoms with E-state index in [9.17, 15) is 0 Å². The second kappa shape index (κ2) is 4.60. The smallest absolute Gasteiger partial charge is 0.0471 e. The Morgan fingerprint density at radius 1 is 1.25 bits per heavy atom. The lowest BCUT2D eigenvalue weighted by Crippen LogP contribution is -1.98. The van der Waals surface area contributed by atoms with E-state index in [0.29, 0.717) is 13.0 Å². The molecule has 1 aromatic carbocycles. The van der Waals surface area contributed by atoms with Crippen LogP contribution in [0, 0.1) is 0 Å². The van der Waals surface area contributed by atoms with E-state index in [-0.39, 0.29) is 6.61 Å². The van der Waals surface area contributed by atoms with Gasteiger partial charge < -0.3 is 10.8 Å². The first-order valence-electron chi connectivity index (χ1n) is 3.85. The molecule has 0 aliphatic carbocycles. The van der Waals surface area contributed by atoms with Crippen molar-refractivity contribution in [2.75, 3.05) is 6.61 Å². The zero-order valence-corrected chi connectivity index (χ0v) is 8.34. The summed E-state index contributed by atoms with van der Waals surface area (Å²) in [6.07, 6.45) is 0.687. The highest BCUT2D eigenvalue weighted by Crippen LogP contribution is 2.15. The van der Waals surface area contributed by atoms with Crippen LogP contribution in [-0.4, -0.2) is 11.7 Å². The highest BCUT2D eigenvalue weighted by atomic mass is 79.9. The van der Waals surface area contributed by atoms with Gasteiger partial charge in [-0.15, -0.1) is 0 Å². The Bertz CT molecular complexity index is 263. The number of halogens is 1. The summed E-state index contributed by atoms with van der Waals surface area (Å²) in [5, 5.41) is 8.73. The minimum Gasteiger partial charge on any atom is -0.396 e. The molecule has 3 N–H and O–H groups in total. The zero-order chi connectivity index (χ0) is 8.97. The van der Waals surface area contributed by atoms with Gasteiger partial charge in [-0.25, -0.2) is 0 Å². The molecule has 0 aliphatic heterocycles. The van der Waals surface area contributed by atoms with Crippen LogP contribution in [0.4, 0.5) is 0 Å². The maximum atomic E-state index is 8.73. The third-order valence-corrected chi connectivity index (χ3v) is 2.11. The summed E-state index contributed by atoms with van der Waals surface area (Å²) in [6, 6.07) is 6.00. The molecule has 0 aliphatic rings.